The number of hydrogen-bond acceptors (Lipinski definition) is 2. The fraction of sp³-hybridized carbons (Fsp3) is 0.400. The van der Waals surface area contributed by atoms with Gasteiger partial charge in [0.1, 0.15) is 5.60 Å². The van der Waals surface area contributed by atoms with Gasteiger partial charge in [-0.3, -0.25) is 0 Å². The molecule has 1 aromatic heterocycles. The van der Waals surface area contributed by atoms with Crippen molar-refractivity contribution in [3.05, 3.63) is 36.0 Å². The van der Waals surface area contributed by atoms with Crippen LogP contribution in [0.5, 0.6) is 0 Å². The number of alkyl carbamates (subject to hydrolysis) is 1. The van der Waals surface area contributed by atoms with E-state index in [1.165, 1.54) is 10.9 Å². The van der Waals surface area contributed by atoms with Gasteiger partial charge in [0.05, 0.1) is 0 Å². The van der Waals surface area contributed by atoms with Crippen LogP contribution in [-0.2, 0) is 18.3 Å². The number of carbonyl (C=O) groups excluding carboxylic acids is 1. The zero-order chi connectivity index (χ0) is 14.0. The molecular formula is C15H20N2O2. The van der Waals surface area contributed by atoms with Crippen LogP contribution in [0.25, 0.3) is 10.9 Å². The molecule has 0 saturated carbocycles. The second kappa shape index (κ2) is 4.96. The Hall–Kier alpha value is -1.97. The Morgan fingerprint density at radius 3 is 2.74 bits per heavy atom. The number of aromatic nitrogens is 1. The van der Waals surface area contributed by atoms with Gasteiger partial charge in [0.15, 0.2) is 0 Å². The van der Waals surface area contributed by atoms with Crippen molar-refractivity contribution in [1.82, 2.24) is 9.88 Å². The number of carbonyl (C=O) groups is 1. The van der Waals surface area contributed by atoms with Gasteiger partial charge in [-0.1, -0.05) is 6.07 Å². The lowest BCUT2D eigenvalue weighted by Gasteiger charge is -2.19. The van der Waals surface area contributed by atoms with E-state index in [1.807, 2.05) is 40.1 Å². The molecule has 0 spiro atoms. The lowest BCUT2D eigenvalue weighted by molar-refractivity contribution is 0.0523. The molecule has 1 heterocycles. The predicted molar refractivity (Wildman–Crippen MR) is 76.0 cm³/mol. The van der Waals surface area contributed by atoms with Crippen molar-refractivity contribution in [2.24, 2.45) is 7.05 Å². The molecule has 1 N–H and O–H groups in total. The van der Waals surface area contributed by atoms with Crippen molar-refractivity contribution >= 4 is 17.0 Å². The largest absolute Gasteiger partial charge is 0.444 e. The van der Waals surface area contributed by atoms with E-state index in [4.69, 9.17) is 4.74 Å². The van der Waals surface area contributed by atoms with Crippen LogP contribution in [0.2, 0.25) is 0 Å². The summed E-state index contributed by atoms with van der Waals surface area (Å²) in [6.45, 7) is 6.02. The number of nitrogens with zero attached hydrogens (tertiary/aromatic N) is 1. The van der Waals surface area contributed by atoms with Crippen LogP contribution in [0.1, 0.15) is 26.3 Å². The summed E-state index contributed by atoms with van der Waals surface area (Å²) in [6, 6.07) is 8.21. The molecule has 0 aliphatic heterocycles. The maximum atomic E-state index is 11.6. The fourth-order valence-electron chi connectivity index (χ4n) is 1.93. The average Bonchev–Trinajstić information content (AvgIpc) is 2.66. The van der Waals surface area contributed by atoms with Crippen LogP contribution in [0, 0.1) is 0 Å². The Labute approximate surface area is 113 Å². The Bertz CT molecular complexity index is 594. The van der Waals surface area contributed by atoms with Crippen LogP contribution in [0.3, 0.4) is 0 Å². The first-order valence-electron chi connectivity index (χ1n) is 6.36. The minimum atomic E-state index is -0.465. The van der Waals surface area contributed by atoms with Crippen molar-refractivity contribution in [2.45, 2.75) is 32.9 Å². The van der Waals surface area contributed by atoms with Gasteiger partial charge in [-0.05, 0) is 49.9 Å². The normalized spacial score (nSPS) is 11.6. The summed E-state index contributed by atoms with van der Waals surface area (Å²) in [5, 5.41) is 3.93. The third kappa shape index (κ3) is 3.50. The second-order valence-electron chi connectivity index (χ2n) is 5.68. The zero-order valence-electron chi connectivity index (χ0n) is 11.9. The molecule has 0 aliphatic rings. The van der Waals surface area contributed by atoms with E-state index in [2.05, 4.69) is 28.1 Å². The smallest absolute Gasteiger partial charge is 0.407 e. The van der Waals surface area contributed by atoms with E-state index in [0.29, 0.717) is 6.54 Å². The summed E-state index contributed by atoms with van der Waals surface area (Å²) in [4.78, 5) is 11.6. The molecule has 0 aliphatic carbocycles. The molecule has 0 bridgehead atoms. The quantitative estimate of drug-likeness (QED) is 0.901. The number of ether oxygens (including phenoxy) is 1. The summed E-state index contributed by atoms with van der Waals surface area (Å²) in [5.41, 5.74) is 1.78. The second-order valence-corrected chi connectivity index (χ2v) is 5.68. The number of hydrogen-bond donors (Lipinski definition) is 1. The molecule has 4 nitrogen and oxygen atoms in total. The summed E-state index contributed by atoms with van der Waals surface area (Å²) >= 11 is 0. The van der Waals surface area contributed by atoms with Crippen molar-refractivity contribution in [1.29, 1.82) is 0 Å². The summed E-state index contributed by atoms with van der Waals surface area (Å²) in [6.07, 6.45) is 1.64. The van der Waals surface area contributed by atoms with Crippen LogP contribution in [0.4, 0.5) is 4.79 Å². The number of fused-ring (bicyclic) bond motifs is 1. The summed E-state index contributed by atoms with van der Waals surface area (Å²) in [7, 11) is 2.01. The van der Waals surface area contributed by atoms with E-state index in [-0.39, 0.29) is 6.09 Å². The third-order valence-corrected chi connectivity index (χ3v) is 2.79. The van der Waals surface area contributed by atoms with Crippen molar-refractivity contribution in [3.63, 3.8) is 0 Å². The number of nitrogens with one attached hydrogen (secondary N) is 1. The molecule has 0 radical (unpaired) electrons. The topological polar surface area (TPSA) is 43.3 Å². The lowest BCUT2D eigenvalue weighted by atomic mass is 10.1. The summed E-state index contributed by atoms with van der Waals surface area (Å²) in [5.74, 6) is 0. The highest BCUT2D eigenvalue weighted by Gasteiger charge is 2.15. The zero-order valence-corrected chi connectivity index (χ0v) is 11.9. The Kier molecular flexibility index (Phi) is 3.51. The minimum absolute atomic E-state index is 0.388. The number of benzene rings is 1. The standard InChI is InChI=1S/C15H20N2O2/c1-15(2,3)19-14(18)16-10-11-5-6-13-12(9-11)7-8-17(13)4/h5-9H,10H2,1-4H3,(H,16,18). The first-order chi connectivity index (χ1) is 8.85. The van der Waals surface area contributed by atoms with Crippen LogP contribution in [-0.4, -0.2) is 16.3 Å². The average molecular weight is 260 g/mol. The van der Waals surface area contributed by atoms with Gasteiger partial charge in [-0.25, -0.2) is 4.79 Å². The van der Waals surface area contributed by atoms with Crippen molar-refractivity contribution in [2.75, 3.05) is 0 Å². The number of rotatable bonds is 2. The van der Waals surface area contributed by atoms with Crippen LogP contribution in [0.15, 0.2) is 30.5 Å². The fourth-order valence-corrected chi connectivity index (χ4v) is 1.93. The van der Waals surface area contributed by atoms with Crippen molar-refractivity contribution < 1.29 is 9.53 Å². The maximum Gasteiger partial charge on any atom is 0.407 e. The van der Waals surface area contributed by atoms with Gasteiger partial charge in [-0.15, -0.1) is 0 Å². The third-order valence-electron chi connectivity index (χ3n) is 2.79. The molecule has 0 atom stereocenters. The summed E-state index contributed by atoms with van der Waals surface area (Å²) < 4.78 is 7.27. The first kappa shape index (κ1) is 13.5. The Morgan fingerprint density at radius 1 is 1.32 bits per heavy atom. The molecule has 2 rings (SSSR count). The molecule has 102 valence electrons. The SMILES string of the molecule is Cn1ccc2cc(CNC(=O)OC(C)(C)C)ccc21. The molecule has 2 aromatic rings. The van der Waals surface area contributed by atoms with Gasteiger partial charge in [0.2, 0.25) is 0 Å². The first-order valence-corrected chi connectivity index (χ1v) is 6.36. The van der Waals surface area contributed by atoms with Crippen LogP contribution < -0.4 is 5.32 Å². The van der Waals surface area contributed by atoms with E-state index in [9.17, 15) is 4.79 Å². The van der Waals surface area contributed by atoms with Gasteiger partial charge in [0, 0.05) is 25.3 Å². The van der Waals surface area contributed by atoms with Gasteiger partial charge in [0.25, 0.3) is 0 Å². The lowest BCUT2D eigenvalue weighted by Crippen LogP contribution is -2.32. The molecule has 0 unspecified atom stereocenters. The number of amides is 1. The highest BCUT2D eigenvalue weighted by atomic mass is 16.6. The molecule has 0 saturated heterocycles. The van der Waals surface area contributed by atoms with Crippen molar-refractivity contribution in [3.8, 4) is 0 Å². The monoisotopic (exact) mass is 260 g/mol. The van der Waals surface area contributed by atoms with Gasteiger partial charge in [-0.2, -0.15) is 0 Å². The molecule has 4 heteroatoms. The van der Waals surface area contributed by atoms with E-state index in [1.54, 1.807) is 0 Å². The molecule has 1 amide bonds. The molecule has 1 aromatic carbocycles. The minimum Gasteiger partial charge on any atom is -0.444 e. The van der Waals surface area contributed by atoms with E-state index in [0.717, 1.165) is 5.56 Å². The highest BCUT2D eigenvalue weighted by molar-refractivity contribution is 5.80. The molecular weight excluding hydrogens is 240 g/mol. The van der Waals surface area contributed by atoms with E-state index < -0.39 is 5.60 Å². The van der Waals surface area contributed by atoms with Gasteiger partial charge >= 0.3 is 6.09 Å². The highest BCUT2D eigenvalue weighted by Crippen LogP contribution is 2.16. The molecule has 0 fully saturated rings. The number of aryl methyl sites for hydroxylation is 1. The van der Waals surface area contributed by atoms with E-state index >= 15 is 0 Å². The van der Waals surface area contributed by atoms with Crippen LogP contribution >= 0.6 is 0 Å². The molecule has 19 heavy (non-hydrogen) atoms. The maximum absolute atomic E-state index is 11.6. The van der Waals surface area contributed by atoms with Gasteiger partial charge < -0.3 is 14.6 Å². The predicted octanol–water partition coefficient (Wildman–Crippen LogP) is 3.20. The Balaban J connectivity index is 2.00. The Morgan fingerprint density at radius 2 is 2.05 bits per heavy atom.